The van der Waals surface area contributed by atoms with Crippen LogP contribution in [0.5, 0.6) is 0 Å². The first-order chi connectivity index (χ1) is 70.7. The van der Waals surface area contributed by atoms with Crippen molar-refractivity contribution in [3.63, 3.8) is 0 Å². The molecule has 11 atom stereocenters. The molecule has 15 amide bonds. The first kappa shape index (κ1) is 121. The number of aliphatic carboxylic acids is 4. The lowest BCUT2D eigenvalue weighted by Crippen LogP contribution is -2.61. The Morgan fingerprint density at radius 2 is 1.18 bits per heavy atom. The fourth-order valence-corrected chi connectivity index (χ4v) is 19.3. The molecule has 0 radical (unpaired) electrons. The summed E-state index contributed by atoms with van der Waals surface area (Å²) in [6.07, 6.45) is 20.6. The van der Waals surface area contributed by atoms with Gasteiger partial charge in [-0.3, -0.25) is 102 Å². The molecule has 51 nitrogen and oxygen atoms in total. The van der Waals surface area contributed by atoms with E-state index >= 15 is 14.4 Å². The maximum absolute atomic E-state index is 15.6. The van der Waals surface area contributed by atoms with E-state index in [1.54, 1.807) is 42.8 Å². The average molecular weight is 2100 g/mol. The zero-order valence-electron chi connectivity index (χ0n) is 83.2. The summed E-state index contributed by atoms with van der Waals surface area (Å²) >= 11 is 0. The lowest BCUT2D eigenvalue weighted by Gasteiger charge is -2.34. The number of unbranched alkanes of at least 4 members (excludes halogenated alkanes) is 14. The number of nitrogens with two attached hydrogens (primary N) is 2. The highest BCUT2D eigenvalue weighted by Gasteiger charge is 2.46. The van der Waals surface area contributed by atoms with Crippen molar-refractivity contribution in [3.8, 4) is 0 Å². The van der Waals surface area contributed by atoms with E-state index in [4.69, 9.17) is 26.4 Å². The SMILES string of the molecule is CC(=O)N[C@H]1CCSSCC[C@@H](C(=O)N2CCC[C@H]2C(=O)N2CCC[C@H]2C(=O)N[C@@H](CCCCN)C(=O)N[C@@H](CC(=O)O)C(=O)N[C@@H](CNC(=O)CN(CC(=O)O)CC(=O)O)C(=O)N[C@@H](CCCCNC(=O)COCCOCCNC(=O)CCCCCCCCCCCCCCCc2nnn[nH]2)C(=O)O)NC(=O)[C@H](Cc2c[nH]c3ccccc23)NC(=O)[C@H](CCCNC(=N)N)NC(=O)CNC(=O)[C@H](CC2=CCC=N2)NC1=O. The molecule has 4 aliphatic heterocycles. The Labute approximate surface area is 859 Å². The third-order valence-corrected chi connectivity index (χ3v) is 27.1. The third-order valence-electron chi connectivity index (χ3n) is 24.6. The summed E-state index contributed by atoms with van der Waals surface area (Å²) in [5.41, 5.74) is 13.1. The molecule has 53 heteroatoms. The molecule has 4 aliphatic rings. The van der Waals surface area contributed by atoms with Gasteiger partial charge in [0.1, 0.15) is 78.9 Å². The number of benzene rings is 1. The molecule has 1 aromatic carbocycles. The fourth-order valence-electron chi connectivity index (χ4n) is 17.1. The van der Waals surface area contributed by atoms with Gasteiger partial charge in [0.05, 0.1) is 52.4 Å². The smallest absolute Gasteiger partial charge is 0.326 e. The van der Waals surface area contributed by atoms with E-state index in [9.17, 15) is 97.1 Å². The molecular formula is C94H146N26O25S2. The highest BCUT2D eigenvalue weighted by molar-refractivity contribution is 8.76. The molecule has 0 bridgehead atoms. The number of nitrogens with zero attached hydrogens (tertiary/aromatic N) is 7. The number of carbonyl (C=O) groups is 19. The number of rotatable bonds is 63. The molecule has 814 valence electrons. The van der Waals surface area contributed by atoms with E-state index in [-0.39, 0.29) is 185 Å². The van der Waals surface area contributed by atoms with Gasteiger partial charge < -0.3 is 131 Å². The number of carboxylic acid groups (broad SMARTS) is 4. The number of aliphatic imine (C=N–C) groups is 1. The molecule has 7 rings (SSSR count). The van der Waals surface area contributed by atoms with Crippen LogP contribution in [0, 0.1) is 5.41 Å². The summed E-state index contributed by atoms with van der Waals surface area (Å²) in [5, 5.41) is 97.8. The Morgan fingerprint density at radius 3 is 1.84 bits per heavy atom. The van der Waals surface area contributed by atoms with Crippen molar-refractivity contribution >= 4 is 157 Å². The molecule has 0 unspecified atom stereocenters. The number of para-hydroxylation sites is 1. The highest BCUT2D eigenvalue weighted by atomic mass is 33.1. The first-order valence-electron chi connectivity index (χ1n) is 50.3. The van der Waals surface area contributed by atoms with Gasteiger partial charge in [-0.25, -0.2) is 9.89 Å². The second-order valence-electron chi connectivity index (χ2n) is 36.4. The number of nitrogens with one attached hydrogen (secondary N) is 17. The zero-order valence-corrected chi connectivity index (χ0v) is 84.8. The number of tetrazole rings is 1. The number of amides is 15. The number of aromatic nitrogens is 5. The van der Waals surface area contributed by atoms with E-state index < -0.39 is 212 Å². The average Bonchev–Trinajstić information content (AvgIpc) is 1.65. The van der Waals surface area contributed by atoms with Crippen LogP contribution >= 0.6 is 21.6 Å². The number of ether oxygens (including phenoxy) is 2. The topological polar surface area (TPSA) is 760 Å². The predicted octanol–water partition coefficient (Wildman–Crippen LogP) is -1.69. The molecule has 2 aromatic heterocycles. The number of H-pyrrole nitrogens is 2. The zero-order chi connectivity index (χ0) is 107. The van der Waals surface area contributed by atoms with Gasteiger partial charge in [-0.1, -0.05) is 116 Å². The van der Waals surface area contributed by atoms with Gasteiger partial charge in [-0.05, 0) is 131 Å². The lowest BCUT2D eigenvalue weighted by molar-refractivity contribution is -0.148. The van der Waals surface area contributed by atoms with Crippen molar-refractivity contribution in [1.29, 1.82) is 5.41 Å². The van der Waals surface area contributed by atoms with E-state index in [2.05, 4.69) is 105 Å². The number of allylic oxidation sites excluding steroid dienone is 1. The van der Waals surface area contributed by atoms with Crippen molar-refractivity contribution < 1.29 is 121 Å². The summed E-state index contributed by atoms with van der Waals surface area (Å²) in [6.45, 7) is -2.86. The number of hydrogen-bond acceptors (Lipinski definition) is 30. The summed E-state index contributed by atoms with van der Waals surface area (Å²) in [4.78, 5) is 272. The molecule has 0 saturated carbocycles. The maximum Gasteiger partial charge on any atom is 0.326 e. The van der Waals surface area contributed by atoms with Crippen LogP contribution in [0.4, 0.5) is 0 Å². The van der Waals surface area contributed by atoms with Gasteiger partial charge in [0.25, 0.3) is 0 Å². The van der Waals surface area contributed by atoms with Crippen LogP contribution in [0.2, 0.25) is 0 Å². The minimum Gasteiger partial charge on any atom is -0.481 e. The molecule has 6 heterocycles. The quantitative estimate of drug-likeness (QED) is 0.0130. The number of carbonyl (C=O) groups excluding carboxylic acids is 15. The largest absolute Gasteiger partial charge is 0.481 e. The number of carboxylic acids is 4. The third kappa shape index (κ3) is 46.7. The van der Waals surface area contributed by atoms with Crippen LogP contribution in [0.25, 0.3) is 10.9 Å². The van der Waals surface area contributed by atoms with Gasteiger partial charge in [-0.15, -0.1) is 5.10 Å². The van der Waals surface area contributed by atoms with Crippen LogP contribution in [0.15, 0.2) is 47.2 Å². The van der Waals surface area contributed by atoms with Gasteiger partial charge in [0.15, 0.2) is 5.96 Å². The number of aromatic amines is 2. The molecule has 3 fully saturated rings. The molecular weight excluding hydrogens is 1960 g/mol. The Kier molecular flexibility index (Phi) is 55.7. The molecule has 0 spiro atoms. The van der Waals surface area contributed by atoms with E-state index in [1.807, 2.05) is 0 Å². The van der Waals surface area contributed by atoms with Crippen molar-refractivity contribution in [1.82, 2.24) is 115 Å². The van der Waals surface area contributed by atoms with Crippen LogP contribution in [-0.2, 0) is 113 Å². The van der Waals surface area contributed by atoms with Crippen LogP contribution < -0.4 is 85.9 Å². The van der Waals surface area contributed by atoms with Crippen LogP contribution in [-0.4, -0.2) is 362 Å². The molecule has 3 saturated heterocycles. The second-order valence-corrected chi connectivity index (χ2v) is 39.1. The summed E-state index contributed by atoms with van der Waals surface area (Å²) in [5.74, 6) is -18.2. The minimum absolute atomic E-state index is 0.00602. The Hall–Kier alpha value is -13.0. The summed E-state index contributed by atoms with van der Waals surface area (Å²) in [7, 11) is 2.49. The van der Waals surface area contributed by atoms with Crippen molar-refractivity contribution in [2.24, 2.45) is 16.5 Å². The van der Waals surface area contributed by atoms with Crippen molar-refractivity contribution in [2.45, 2.75) is 285 Å². The van der Waals surface area contributed by atoms with E-state index in [0.717, 1.165) is 44.3 Å². The molecule has 3 aromatic rings. The van der Waals surface area contributed by atoms with Crippen molar-refractivity contribution in [2.75, 3.05) is 110 Å². The number of guanidine groups is 1. The van der Waals surface area contributed by atoms with Gasteiger partial charge in [-0.2, -0.15) is 0 Å². The predicted molar refractivity (Wildman–Crippen MR) is 538 cm³/mol. The Bertz CT molecular complexity index is 4880. The molecule has 147 heavy (non-hydrogen) atoms. The van der Waals surface area contributed by atoms with Crippen molar-refractivity contribution in [3.05, 3.63) is 53.6 Å². The molecule has 0 aliphatic carbocycles. The first-order valence-corrected chi connectivity index (χ1v) is 52.8. The number of likely N-dealkylation sites (tertiary alicyclic amines) is 2. The number of hydrogen-bond donors (Lipinski definition) is 23. The Balaban J connectivity index is 0.977. The minimum atomic E-state index is -2.13. The number of fused-ring (bicyclic) bond motifs is 1. The van der Waals surface area contributed by atoms with Gasteiger partial charge >= 0.3 is 23.9 Å². The fraction of sp³-hybridized carbons (Fsp3) is 0.660. The normalized spacial score (nSPS) is 18.9. The van der Waals surface area contributed by atoms with E-state index in [1.165, 1.54) is 89.7 Å². The molecule has 25 N–H and O–H groups in total. The van der Waals surface area contributed by atoms with E-state index in [0.29, 0.717) is 46.4 Å². The van der Waals surface area contributed by atoms with Gasteiger partial charge in [0, 0.05) is 119 Å². The highest BCUT2D eigenvalue weighted by Crippen LogP contribution is 2.30. The van der Waals surface area contributed by atoms with Gasteiger partial charge in [0.2, 0.25) is 88.6 Å². The Morgan fingerprint density at radius 1 is 0.578 bits per heavy atom. The number of aryl methyl sites for hydroxylation is 1. The summed E-state index contributed by atoms with van der Waals surface area (Å²) < 4.78 is 10.9. The lowest BCUT2D eigenvalue weighted by atomic mass is 10.0. The van der Waals surface area contributed by atoms with Crippen LogP contribution in [0.1, 0.15) is 217 Å². The summed E-state index contributed by atoms with van der Waals surface area (Å²) in [6, 6.07) is -9.87. The maximum atomic E-state index is 15.6. The monoisotopic (exact) mass is 2100 g/mol. The second kappa shape index (κ2) is 67.7. The van der Waals surface area contributed by atoms with Crippen LogP contribution in [0.3, 0.4) is 0 Å². The standard InChI is InChI=1S/C94H146N26O25S2/c1-59(121)105-66-35-47-146-147-48-36-67(108-87(136)69(49-60-52-102-63-27-16-15-26-62(60)63)110-84(133)64(30-22-40-101-94(96)97)106-77(123)54-104-83(132)70(111-86(66)135)50-61-25-21-39-98-61)91(140)120-43-24-32-74(120)92(141)119-42-23-31-73(119)90(139)107-65(28-17-19-37-95)85(134)112-71(51-80(126)127)88(137)113-72(53-103-78(124)55-118(56-81(128)129)57-82(130)131)89(138)109-68(93(142)143)29-18-20-38-99-79(125)58-145-46-45-144-44-41-100-76(122)34-14-12-10-8-6-4-2-3-5-7-9-11-13-33-75-114-116-117-115-75/h15-16,25-27,39,52,64-74,102H,2-14,17-24,28-38,40-51,53-58,95H2,1H3,(H,99,125)(H,100,122)(H,103,124)(H,104,132)(H,105,121)(H,106,123)(H,107,139)(H,108,136)(H,109,138)(H,110,133)(H,111,135)(H,112,134)(H,113,137)(H,126,127)(H,128,129)(H,130,131)(H,142,143)(H4,96,97,101)(H,114,115,116,117)/t64-,65-,66-,67-,68-,69-,70-,71-,72-,73-,74-/m0/s1.